The highest BCUT2D eigenvalue weighted by Crippen LogP contribution is 2.11. The fourth-order valence-electron chi connectivity index (χ4n) is 1.18. The second-order valence-corrected chi connectivity index (χ2v) is 3.66. The summed E-state index contributed by atoms with van der Waals surface area (Å²) in [6.45, 7) is 3.91. The van der Waals surface area contributed by atoms with Gasteiger partial charge in [0.25, 0.3) is 0 Å². The van der Waals surface area contributed by atoms with E-state index >= 15 is 0 Å². The Labute approximate surface area is 80.9 Å². The second-order valence-electron chi connectivity index (χ2n) is 3.66. The number of carbonyl (C=O) groups is 1. The van der Waals surface area contributed by atoms with Crippen molar-refractivity contribution >= 4 is 5.78 Å². The lowest BCUT2D eigenvalue weighted by Gasteiger charge is -2.09. The SMILES string of the molecule is C#CCC(=O)C(C)CCCC(C)N. The smallest absolute Gasteiger partial charge is 0.147 e. The molecule has 0 aromatic carbocycles. The summed E-state index contributed by atoms with van der Waals surface area (Å²) < 4.78 is 0. The lowest BCUT2D eigenvalue weighted by atomic mass is 9.96. The Morgan fingerprint density at radius 2 is 2.08 bits per heavy atom. The summed E-state index contributed by atoms with van der Waals surface area (Å²) in [4.78, 5) is 11.2. The van der Waals surface area contributed by atoms with Crippen LogP contribution in [0.4, 0.5) is 0 Å². The molecule has 0 aromatic heterocycles. The number of hydrogen-bond acceptors (Lipinski definition) is 2. The zero-order chi connectivity index (χ0) is 10.3. The lowest BCUT2D eigenvalue weighted by molar-refractivity contribution is -0.121. The maximum atomic E-state index is 11.2. The molecule has 2 atom stereocenters. The number of carbonyl (C=O) groups excluding carboxylic acids is 1. The van der Waals surface area contributed by atoms with Crippen LogP contribution in [-0.2, 0) is 4.79 Å². The van der Waals surface area contributed by atoms with Crippen LogP contribution in [-0.4, -0.2) is 11.8 Å². The Morgan fingerprint density at radius 1 is 1.46 bits per heavy atom. The minimum atomic E-state index is 0.0924. The van der Waals surface area contributed by atoms with Crippen LogP contribution in [0.3, 0.4) is 0 Å². The quantitative estimate of drug-likeness (QED) is 0.634. The van der Waals surface area contributed by atoms with Gasteiger partial charge in [-0.2, -0.15) is 0 Å². The third kappa shape index (κ3) is 6.36. The predicted molar refractivity (Wildman–Crippen MR) is 55.1 cm³/mol. The normalized spacial score (nSPS) is 14.6. The van der Waals surface area contributed by atoms with E-state index in [0.717, 1.165) is 19.3 Å². The van der Waals surface area contributed by atoms with E-state index < -0.39 is 0 Å². The Kier molecular flexibility index (Phi) is 6.26. The first kappa shape index (κ1) is 12.2. The number of hydrogen-bond donors (Lipinski definition) is 1. The topological polar surface area (TPSA) is 43.1 Å². The summed E-state index contributed by atoms with van der Waals surface area (Å²) in [6.07, 6.45) is 8.21. The Morgan fingerprint density at radius 3 is 2.54 bits per heavy atom. The third-order valence-electron chi connectivity index (χ3n) is 2.12. The van der Waals surface area contributed by atoms with Gasteiger partial charge in [-0.15, -0.1) is 6.42 Å². The number of ketones is 1. The molecule has 0 heterocycles. The molecule has 0 saturated heterocycles. The van der Waals surface area contributed by atoms with Crippen LogP contribution in [0.25, 0.3) is 0 Å². The summed E-state index contributed by atoms with van der Waals surface area (Å²) >= 11 is 0. The first-order valence-electron chi connectivity index (χ1n) is 4.79. The first-order chi connectivity index (χ1) is 6.07. The molecule has 0 rings (SSSR count). The molecule has 0 aromatic rings. The average molecular weight is 181 g/mol. The minimum Gasteiger partial charge on any atom is -0.328 e. The van der Waals surface area contributed by atoms with Gasteiger partial charge in [-0.05, 0) is 19.8 Å². The molecule has 0 aliphatic heterocycles. The van der Waals surface area contributed by atoms with Crippen LogP contribution in [0, 0.1) is 18.3 Å². The van der Waals surface area contributed by atoms with Crippen molar-refractivity contribution in [3.63, 3.8) is 0 Å². The van der Waals surface area contributed by atoms with E-state index in [1.165, 1.54) is 0 Å². The van der Waals surface area contributed by atoms with Crippen molar-refractivity contribution in [2.75, 3.05) is 0 Å². The van der Waals surface area contributed by atoms with Gasteiger partial charge in [-0.25, -0.2) is 0 Å². The molecule has 0 spiro atoms. The maximum Gasteiger partial charge on any atom is 0.147 e. The zero-order valence-electron chi connectivity index (χ0n) is 8.55. The van der Waals surface area contributed by atoms with Gasteiger partial charge in [0.15, 0.2) is 0 Å². The molecule has 0 bridgehead atoms. The van der Waals surface area contributed by atoms with E-state index in [-0.39, 0.29) is 24.2 Å². The van der Waals surface area contributed by atoms with Crippen molar-refractivity contribution in [2.24, 2.45) is 11.7 Å². The van der Waals surface area contributed by atoms with Crippen LogP contribution in [0.1, 0.15) is 39.5 Å². The molecular formula is C11H19NO. The molecule has 0 aliphatic carbocycles. The number of Topliss-reactive ketones (excluding diaryl/α,β-unsaturated/α-hetero) is 1. The Hall–Kier alpha value is -0.810. The van der Waals surface area contributed by atoms with Crippen molar-refractivity contribution in [1.82, 2.24) is 0 Å². The van der Waals surface area contributed by atoms with E-state index in [1.54, 1.807) is 0 Å². The second kappa shape index (κ2) is 6.68. The maximum absolute atomic E-state index is 11.2. The van der Waals surface area contributed by atoms with Crippen molar-refractivity contribution < 1.29 is 4.79 Å². The van der Waals surface area contributed by atoms with Gasteiger partial charge in [0.05, 0.1) is 6.42 Å². The van der Waals surface area contributed by atoms with Crippen LogP contribution >= 0.6 is 0 Å². The number of terminal acetylenes is 1. The van der Waals surface area contributed by atoms with Crippen LogP contribution in [0.15, 0.2) is 0 Å². The predicted octanol–water partition coefficient (Wildman–Crippen LogP) is 1.73. The molecule has 0 fully saturated rings. The van der Waals surface area contributed by atoms with E-state index in [1.807, 2.05) is 13.8 Å². The van der Waals surface area contributed by atoms with Gasteiger partial charge in [0, 0.05) is 12.0 Å². The van der Waals surface area contributed by atoms with Gasteiger partial charge < -0.3 is 5.73 Å². The minimum absolute atomic E-state index is 0.0924. The summed E-state index contributed by atoms with van der Waals surface area (Å²) in [7, 11) is 0. The first-order valence-corrected chi connectivity index (χ1v) is 4.79. The summed E-state index contributed by atoms with van der Waals surface area (Å²) in [5, 5.41) is 0. The van der Waals surface area contributed by atoms with Gasteiger partial charge in [0.1, 0.15) is 5.78 Å². The van der Waals surface area contributed by atoms with Gasteiger partial charge >= 0.3 is 0 Å². The highest BCUT2D eigenvalue weighted by atomic mass is 16.1. The summed E-state index contributed by atoms with van der Waals surface area (Å²) in [5.74, 6) is 2.64. The molecule has 0 saturated carbocycles. The fraction of sp³-hybridized carbons (Fsp3) is 0.727. The van der Waals surface area contributed by atoms with Crippen LogP contribution in [0.5, 0.6) is 0 Å². The number of nitrogens with two attached hydrogens (primary N) is 1. The lowest BCUT2D eigenvalue weighted by Crippen LogP contribution is -2.16. The summed E-state index contributed by atoms with van der Waals surface area (Å²) in [6, 6.07) is 0.231. The molecule has 2 unspecified atom stereocenters. The number of rotatable bonds is 6. The van der Waals surface area contributed by atoms with E-state index in [2.05, 4.69) is 5.92 Å². The van der Waals surface area contributed by atoms with Gasteiger partial charge in [-0.3, -0.25) is 4.79 Å². The monoisotopic (exact) mass is 181 g/mol. The van der Waals surface area contributed by atoms with Gasteiger partial charge in [0.2, 0.25) is 0 Å². The zero-order valence-corrected chi connectivity index (χ0v) is 8.55. The molecule has 74 valence electrons. The van der Waals surface area contributed by atoms with Crippen LogP contribution in [0.2, 0.25) is 0 Å². The molecule has 0 amide bonds. The Balaban J connectivity index is 3.57. The van der Waals surface area contributed by atoms with Crippen LogP contribution < -0.4 is 5.73 Å². The highest BCUT2D eigenvalue weighted by Gasteiger charge is 2.10. The molecule has 2 N–H and O–H groups in total. The molecular weight excluding hydrogens is 162 g/mol. The summed E-state index contributed by atoms with van der Waals surface area (Å²) in [5.41, 5.74) is 5.60. The molecule has 2 heteroatoms. The van der Waals surface area contributed by atoms with Crippen molar-refractivity contribution in [2.45, 2.75) is 45.6 Å². The van der Waals surface area contributed by atoms with E-state index in [0.29, 0.717) is 0 Å². The van der Waals surface area contributed by atoms with E-state index in [4.69, 9.17) is 12.2 Å². The van der Waals surface area contributed by atoms with Crippen molar-refractivity contribution in [3.8, 4) is 12.3 Å². The van der Waals surface area contributed by atoms with Crippen molar-refractivity contribution in [1.29, 1.82) is 0 Å². The highest BCUT2D eigenvalue weighted by molar-refractivity contribution is 5.82. The Bertz CT molecular complexity index is 191. The van der Waals surface area contributed by atoms with Gasteiger partial charge in [-0.1, -0.05) is 19.3 Å². The average Bonchev–Trinajstić information content (AvgIpc) is 2.04. The largest absolute Gasteiger partial charge is 0.328 e. The van der Waals surface area contributed by atoms with Crippen molar-refractivity contribution in [3.05, 3.63) is 0 Å². The standard InChI is InChI=1S/C11H19NO/c1-4-6-11(13)9(2)7-5-8-10(3)12/h1,9-10H,5-8,12H2,2-3H3. The molecule has 2 nitrogen and oxygen atoms in total. The third-order valence-corrected chi connectivity index (χ3v) is 2.12. The van der Waals surface area contributed by atoms with E-state index in [9.17, 15) is 4.79 Å². The fourth-order valence-corrected chi connectivity index (χ4v) is 1.18. The molecule has 0 radical (unpaired) electrons. The molecule has 0 aliphatic rings. The molecule has 13 heavy (non-hydrogen) atoms.